The Morgan fingerprint density at radius 3 is 2.45 bits per heavy atom. The van der Waals surface area contributed by atoms with Gasteiger partial charge < -0.3 is 4.74 Å². The zero-order chi connectivity index (χ0) is 14.8. The summed E-state index contributed by atoms with van der Waals surface area (Å²) in [6, 6.07) is 4.54. The molecule has 0 unspecified atom stereocenters. The molecule has 20 heavy (non-hydrogen) atoms. The molecule has 0 heterocycles. The number of benzene rings is 1. The normalized spacial score (nSPS) is 14.6. The Morgan fingerprint density at radius 2 is 1.90 bits per heavy atom. The predicted octanol–water partition coefficient (Wildman–Crippen LogP) is 5.12. The predicted molar refractivity (Wildman–Crippen MR) is 86.6 cm³/mol. The molecule has 1 aliphatic carbocycles. The summed E-state index contributed by atoms with van der Waals surface area (Å²) in [5, 5.41) is 0. The van der Waals surface area contributed by atoms with E-state index in [0.29, 0.717) is 0 Å². The van der Waals surface area contributed by atoms with Crippen LogP contribution in [0.3, 0.4) is 0 Å². The van der Waals surface area contributed by atoms with Crippen molar-refractivity contribution in [2.45, 2.75) is 52.4 Å². The highest BCUT2D eigenvalue weighted by Crippen LogP contribution is 2.36. The number of hydrogen-bond acceptors (Lipinski definition) is 1. The molecule has 0 aliphatic heterocycles. The van der Waals surface area contributed by atoms with Crippen LogP contribution in [-0.2, 0) is 11.8 Å². The third-order valence-corrected chi connectivity index (χ3v) is 3.89. The molecule has 1 heteroatoms. The van der Waals surface area contributed by atoms with Gasteiger partial charge >= 0.3 is 0 Å². The molecule has 0 aromatic heterocycles. The first-order valence-electron chi connectivity index (χ1n) is 7.44. The standard InChI is InChI=1S/C19H26O/c1-14-12-16(11-10-15-8-6-7-9-15)18(20-5)17(13-14)19(2,3)4/h6-8,12-13H,9-11H2,1-5H3. The van der Waals surface area contributed by atoms with Crippen LogP contribution in [0.4, 0.5) is 0 Å². The molecule has 0 radical (unpaired) electrons. The molecule has 0 saturated carbocycles. The maximum absolute atomic E-state index is 5.74. The molecule has 108 valence electrons. The summed E-state index contributed by atoms with van der Waals surface area (Å²) in [6.07, 6.45) is 9.91. The lowest BCUT2D eigenvalue weighted by atomic mass is 9.83. The maximum Gasteiger partial charge on any atom is 0.125 e. The molecule has 1 aromatic rings. The minimum Gasteiger partial charge on any atom is -0.496 e. The van der Waals surface area contributed by atoms with Gasteiger partial charge in [0.2, 0.25) is 0 Å². The van der Waals surface area contributed by atoms with Gasteiger partial charge in [0.15, 0.2) is 0 Å². The third-order valence-electron chi connectivity index (χ3n) is 3.89. The first-order chi connectivity index (χ1) is 9.41. The van der Waals surface area contributed by atoms with Crippen LogP contribution in [0.15, 0.2) is 35.9 Å². The van der Waals surface area contributed by atoms with E-state index < -0.39 is 0 Å². The second kappa shape index (κ2) is 5.87. The van der Waals surface area contributed by atoms with E-state index in [1.54, 1.807) is 7.11 Å². The fraction of sp³-hybridized carbons (Fsp3) is 0.474. The van der Waals surface area contributed by atoms with E-state index >= 15 is 0 Å². The van der Waals surface area contributed by atoms with Crippen molar-refractivity contribution in [3.8, 4) is 5.75 Å². The van der Waals surface area contributed by atoms with Crippen LogP contribution in [0.2, 0.25) is 0 Å². The van der Waals surface area contributed by atoms with E-state index in [9.17, 15) is 0 Å². The lowest BCUT2D eigenvalue weighted by molar-refractivity contribution is 0.392. The first-order valence-corrected chi connectivity index (χ1v) is 7.44. The van der Waals surface area contributed by atoms with Crippen molar-refractivity contribution in [3.63, 3.8) is 0 Å². The van der Waals surface area contributed by atoms with E-state index in [-0.39, 0.29) is 5.41 Å². The number of rotatable bonds is 4. The Balaban J connectivity index is 2.29. The zero-order valence-corrected chi connectivity index (χ0v) is 13.4. The van der Waals surface area contributed by atoms with Crippen LogP contribution in [0.25, 0.3) is 0 Å². The second-order valence-corrected chi connectivity index (χ2v) is 6.71. The lowest BCUT2D eigenvalue weighted by Gasteiger charge is -2.25. The molecule has 0 spiro atoms. The Kier molecular flexibility index (Phi) is 4.37. The quantitative estimate of drug-likeness (QED) is 0.738. The number of hydrogen-bond donors (Lipinski definition) is 0. The van der Waals surface area contributed by atoms with Gasteiger partial charge in [-0.15, -0.1) is 0 Å². The summed E-state index contributed by atoms with van der Waals surface area (Å²) in [7, 11) is 1.79. The fourth-order valence-electron chi connectivity index (χ4n) is 2.80. The summed E-state index contributed by atoms with van der Waals surface area (Å²) in [5.74, 6) is 1.08. The Labute approximate surface area is 123 Å². The Morgan fingerprint density at radius 1 is 1.15 bits per heavy atom. The van der Waals surface area contributed by atoms with Gasteiger partial charge in [-0.1, -0.05) is 62.3 Å². The molecule has 1 aromatic carbocycles. The Bertz CT molecular complexity index is 542. The zero-order valence-electron chi connectivity index (χ0n) is 13.4. The van der Waals surface area contributed by atoms with Crippen LogP contribution >= 0.6 is 0 Å². The molecule has 0 fully saturated rings. The van der Waals surface area contributed by atoms with Gasteiger partial charge in [0.25, 0.3) is 0 Å². The third kappa shape index (κ3) is 3.33. The number of methoxy groups -OCH3 is 1. The summed E-state index contributed by atoms with van der Waals surface area (Å²) < 4.78 is 5.74. The maximum atomic E-state index is 5.74. The summed E-state index contributed by atoms with van der Waals surface area (Å²) in [4.78, 5) is 0. The van der Waals surface area contributed by atoms with Gasteiger partial charge in [-0.3, -0.25) is 0 Å². The molecule has 0 amide bonds. The van der Waals surface area contributed by atoms with Crippen molar-refractivity contribution >= 4 is 0 Å². The first kappa shape index (κ1) is 14.9. The number of ether oxygens (including phenoxy) is 1. The smallest absolute Gasteiger partial charge is 0.125 e. The molecule has 1 nitrogen and oxygen atoms in total. The van der Waals surface area contributed by atoms with Gasteiger partial charge in [0, 0.05) is 5.56 Å². The van der Waals surface area contributed by atoms with Gasteiger partial charge in [-0.2, -0.15) is 0 Å². The molecule has 1 aliphatic rings. The van der Waals surface area contributed by atoms with E-state index in [4.69, 9.17) is 4.74 Å². The molecular weight excluding hydrogens is 244 g/mol. The molecule has 0 saturated heterocycles. The van der Waals surface area contributed by atoms with Crippen molar-refractivity contribution in [3.05, 3.63) is 52.6 Å². The highest BCUT2D eigenvalue weighted by molar-refractivity contribution is 5.48. The average molecular weight is 270 g/mol. The van der Waals surface area contributed by atoms with Gasteiger partial charge in [-0.05, 0) is 37.2 Å². The Hall–Kier alpha value is -1.50. The van der Waals surface area contributed by atoms with Crippen molar-refractivity contribution in [1.82, 2.24) is 0 Å². The van der Waals surface area contributed by atoms with E-state index in [2.05, 4.69) is 58.1 Å². The summed E-state index contributed by atoms with van der Waals surface area (Å²) >= 11 is 0. The molecule has 0 atom stereocenters. The molecule has 2 rings (SSSR count). The van der Waals surface area contributed by atoms with Crippen molar-refractivity contribution < 1.29 is 4.74 Å². The van der Waals surface area contributed by atoms with Crippen molar-refractivity contribution in [2.24, 2.45) is 0 Å². The molecular formula is C19H26O. The van der Waals surface area contributed by atoms with Crippen LogP contribution in [0, 0.1) is 6.92 Å². The lowest BCUT2D eigenvalue weighted by Crippen LogP contribution is -2.14. The monoisotopic (exact) mass is 270 g/mol. The summed E-state index contributed by atoms with van der Waals surface area (Å²) in [5.41, 5.74) is 5.61. The van der Waals surface area contributed by atoms with E-state index in [1.807, 2.05) is 0 Å². The largest absolute Gasteiger partial charge is 0.496 e. The molecule has 0 N–H and O–H groups in total. The van der Waals surface area contributed by atoms with Gasteiger partial charge in [-0.25, -0.2) is 0 Å². The number of aryl methyl sites for hydroxylation is 2. The topological polar surface area (TPSA) is 9.23 Å². The minimum absolute atomic E-state index is 0.111. The highest BCUT2D eigenvalue weighted by atomic mass is 16.5. The molecule has 0 bridgehead atoms. The average Bonchev–Trinajstić information content (AvgIpc) is 2.87. The SMILES string of the molecule is COc1c(CCC2=CC=CC2)cc(C)cc1C(C)(C)C. The summed E-state index contributed by atoms with van der Waals surface area (Å²) in [6.45, 7) is 8.92. The van der Waals surface area contributed by atoms with Crippen LogP contribution < -0.4 is 4.74 Å². The fourth-order valence-corrected chi connectivity index (χ4v) is 2.80. The van der Waals surface area contributed by atoms with Crippen LogP contribution in [0.5, 0.6) is 5.75 Å². The van der Waals surface area contributed by atoms with Crippen LogP contribution in [0.1, 0.15) is 50.3 Å². The second-order valence-electron chi connectivity index (χ2n) is 6.71. The number of allylic oxidation sites excluding steroid dienone is 4. The van der Waals surface area contributed by atoms with Crippen molar-refractivity contribution in [2.75, 3.05) is 7.11 Å². The van der Waals surface area contributed by atoms with Gasteiger partial charge in [0.1, 0.15) is 5.75 Å². The van der Waals surface area contributed by atoms with E-state index in [0.717, 1.165) is 25.0 Å². The van der Waals surface area contributed by atoms with Gasteiger partial charge in [0.05, 0.1) is 7.11 Å². The van der Waals surface area contributed by atoms with E-state index in [1.165, 1.54) is 22.3 Å². The van der Waals surface area contributed by atoms with Crippen molar-refractivity contribution in [1.29, 1.82) is 0 Å². The highest BCUT2D eigenvalue weighted by Gasteiger charge is 2.21. The minimum atomic E-state index is 0.111. The van der Waals surface area contributed by atoms with Crippen LogP contribution in [-0.4, -0.2) is 7.11 Å².